The molecule has 19 heavy (non-hydrogen) atoms. The van der Waals surface area contributed by atoms with Gasteiger partial charge in [-0.05, 0) is 12.8 Å². The van der Waals surface area contributed by atoms with Crippen molar-refractivity contribution in [2.24, 2.45) is 5.41 Å². The van der Waals surface area contributed by atoms with E-state index in [1.54, 1.807) is 0 Å². The zero-order valence-electron chi connectivity index (χ0n) is 11.9. The number of esters is 2. The van der Waals surface area contributed by atoms with Crippen LogP contribution in [-0.2, 0) is 19.1 Å². The van der Waals surface area contributed by atoms with E-state index in [1.807, 2.05) is 0 Å². The predicted octanol–water partition coefficient (Wildman–Crippen LogP) is 3.03. The van der Waals surface area contributed by atoms with Crippen molar-refractivity contribution in [1.29, 1.82) is 0 Å². The van der Waals surface area contributed by atoms with Gasteiger partial charge in [-0.15, -0.1) is 0 Å². The summed E-state index contributed by atoms with van der Waals surface area (Å²) in [6.07, 6.45) is 5.79. The molecule has 0 bridgehead atoms. The van der Waals surface area contributed by atoms with Crippen LogP contribution in [0.25, 0.3) is 0 Å². The monoisotopic (exact) mass is 268 g/mol. The Labute approximate surface area is 115 Å². The average Bonchev–Trinajstić information content (AvgIpc) is 2.42. The number of hydrogen-bond acceptors (Lipinski definition) is 4. The molecule has 0 saturated carbocycles. The van der Waals surface area contributed by atoms with Crippen molar-refractivity contribution in [3.05, 3.63) is 25.3 Å². The molecule has 0 radical (unpaired) electrons. The second kappa shape index (κ2) is 9.36. The van der Waals surface area contributed by atoms with Crippen LogP contribution in [0.3, 0.4) is 0 Å². The average molecular weight is 268 g/mol. The minimum Gasteiger partial charge on any atom is -0.462 e. The summed E-state index contributed by atoms with van der Waals surface area (Å²) in [5.74, 6) is -0.904. The number of rotatable bonds is 10. The van der Waals surface area contributed by atoms with Crippen LogP contribution < -0.4 is 0 Å². The fourth-order valence-corrected chi connectivity index (χ4v) is 2.08. The molecule has 4 heteroatoms. The third-order valence-electron chi connectivity index (χ3n) is 2.94. The number of hydrogen-bond donors (Lipinski definition) is 0. The first-order valence-corrected chi connectivity index (χ1v) is 6.62. The van der Waals surface area contributed by atoms with Crippen molar-refractivity contribution in [2.45, 2.75) is 39.5 Å². The van der Waals surface area contributed by atoms with Crippen molar-refractivity contribution < 1.29 is 19.1 Å². The maximum atomic E-state index is 11.2. The van der Waals surface area contributed by atoms with Gasteiger partial charge in [0, 0.05) is 17.6 Å². The van der Waals surface area contributed by atoms with Crippen LogP contribution in [0.2, 0.25) is 0 Å². The van der Waals surface area contributed by atoms with Gasteiger partial charge < -0.3 is 9.47 Å². The second-order valence-corrected chi connectivity index (χ2v) is 4.62. The Balaban J connectivity index is 4.72. The minimum absolute atomic E-state index is 0.240. The number of ether oxygens (including phenoxy) is 2. The summed E-state index contributed by atoms with van der Waals surface area (Å²) >= 11 is 0. The molecule has 0 amide bonds. The molecular weight excluding hydrogens is 244 g/mol. The zero-order valence-corrected chi connectivity index (χ0v) is 11.9. The molecule has 0 spiro atoms. The lowest BCUT2D eigenvalue weighted by Crippen LogP contribution is -2.34. The summed E-state index contributed by atoms with van der Waals surface area (Å²) in [6, 6.07) is 0. The van der Waals surface area contributed by atoms with Gasteiger partial charge in [-0.2, -0.15) is 0 Å². The Bertz CT molecular complexity index is 288. The molecule has 0 atom stereocenters. The van der Waals surface area contributed by atoms with Gasteiger partial charge in [0.05, 0.1) is 0 Å². The normalized spacial score (nSPS) is 10.6. The Hall–Kier alpha value is -1.58. The Morgan fingerprint density at radius 1 is 0.947 bits per heavy atom. The molecule has 0 aromatic rings. The summed E-state index contributed by atoms with van der Waals surface area (Å²) in [7, 11) is 0. The largest absolute Gasteiger partial charge is 0.462 e. The van der Waals surface area contributed by atoms with Crippen LogP contribution in [0.4, 0.5) is 0 Å². The summed E-state index contributed by atoms with van der Waals surface area (Å²) in [5.41, 5.74) is -0.319. The molecule has 0 fully saturated rings. The highest BCUT2D eigenvalue weighted by Gasteiger charge is 2.31. The Morgan fingerprint density at radius 2 is 1.32 bits per heavy atom. The van der Waals surface area contributed by atoms with Crippen LogP contribution in [0.5, 0.6) is 0 Å². The van der Waals surface area contributed by atoms with Crippen molar-refractivity contribution in [2.75, 3.05) is 13.2 Å². The fourth-order valence-electron chi connectivity index (χ4n) is 2.08. The first-order chi connectivity index (χ1) is 9.03. The van der Waals surface area contributed by atoms with Gasteiger partial charge in [0.2, 0.25) is 0 Å². The first-order valence-electron chi connectivity index (χ1n) is 6.62. The highest BCUT2D eigenvalue weighted by atomic mass is 16.5. The summed E-state index contributed by atoms with van der Waals surface area (Å²) in [4.78, 5) is 22.4. The minimum atomic E-state index is -0.452. The lowest BCUT2D eigenvalue weighted by Gasteiger charge is -2.32. The van der Waals surface area contributed by atoms with E-state index in [0.717, 1.165) is 37.8 Å². The van der Waals surface area contributed by atoms with E-state index in [2.05, 4.69) is 27.0 Å². The molecule has 0 aromatic carbocycles. The van der Waals surface area contributed by atoms with Crippen molar-refractivity contribution in [3.63, 3.8) is 0 Å². The lowest BCUT2D eigenvalue weighted by atomic mass is 9.80. The molecule has 4 nitrogen and oxygen atoms in total. The van der Waals surface area contributed by atoms with Crippen LogP contribution in [0.15, 0.2) is 25.3 Å². The highest BCUT2D eigenvalue weighted by molar-refractivity contribution is 5.81. The molecule has 0 unspecified atom stereocenters. The Kier molecular flexibility index (Phi) is 8.58. The maximum absolute atomic E-state index is 11.2. The maximum Gasteiger partial charge on any atom is 0.330 e. The van der Waals surface area contributed by atoms with E-state index in [1.165, 1.54) is 0 Å². The molecule has 0 aliphatic carbocycles. The van der Waals surface area contributed by atoms with E-state index in [0.29, 0.717) is 0 Å². The molecule has 0 heterocycles. The number of carbonyl (C=O) groups is 2. The quantitative estimate of drug-likeness (QED) is 0.451. The standard InChI is InChI=1S/C15H24O4/c1-5-9-15(10-6-2,11-18-13(16)7-3)12-19-14(17)8-4/h7-8H,3-6,9-12H2,1-2H3. The van der Waals surface area contributed by atoms with Gasteiger partial charge in [0.25, 0.3) is 0 Å². The van der Waals surface area contributed by atoms with Gasteiger partial charge in [0.1, 0.15) is 13.2 Å². The zero-order chi connectivity index (χ0) is 14.7. The third-order valence-corrected chi connectivity index (χ3v) is 2.94. The molecule has 0 aromatic heterocycles. The van der Waals surface area contributed by atoms with E-state index in [4.69, 9.17) is 9.47 Å². The van der Waals surface area contributed by atoms with Crippen LogP contribution >= 0.6 is 0 Å². The molecule has 108 valence electrons. The van der Waals surface area contributed by atoms with Crippen LogP contribution in [0, 0.1) is 5.41 Å². The summed E-state index contributed by atoms with van der Waals surface area (Å²) in [6.45, 7) is 11.3. The van der Waals surface area contributed by atoms with E-state index >= 15 is 0 Å². The van der Waals surface area contributed by atoms with Crippen LogP contribution in [-0.4, -0.2) is 25.2 Å². The molecule has 0 N–H and O–H groups in total. The van der Waals surface area contributed by atoms with E-state index in [-0.39, 0.29) is 18.6 Å². The predicted molar refractivity (Wildman–Crippen MR) is 74.6 cm³/mol. The Morgan fingerprint density at radius 3 is 1.58 bits per heavy atom. The van der Waals surface area contributed by atoms with Crippen LogP contribution in [0.1, 0.15) is 39.5 Å². The first kappa shape index (κ1) is 17.4. The topological polar surface area (TPSA) is 52.6 Å². The van der Waals surface area contributed by atoms with Gasteiger partial charge in [-0.3, -0.25) is 0 Å². The molecule has 0 saturated heterocycles. The lowest BCUT2D eigenvalue weighted by molar-refractivity contribution is -0.149. The molecule has 0 rings (SSSR count). The SMILES string of the molecule is C=CC(=O)OCC(CCC)(CCC)COC(=O)C=C. The van der Waals surface area contributed by atoms with E-state index < -0.39 is 11.9 Å². The summed E-state index contributed by atoms with van der Waals surface area (Å²) in [5, 5.41) is 0. The van der Waals surface area contributed by atoms with Gasteiger partial charge in [-0.1, -0.05) is 39.8 Å². The van der Waals surface area contributed by atoms with Crippen molar-refractivity contribution in [1.82, 2.24) is 0 Å². The van der Waals surface area contributed by atoms with Gasteiger partial charge in [0.15, 0.2) is 0 Å². The van der Waals surface area contributed by atoms with Crippen molar-refractivity contribution in [3.8, 4) is 0 Å². The fraction of sp³-hybridized carbons (Fsp3) is 0.600. The molecular formula is C15H24O4. The van der Waals surface area contributed by atoms with Crippen molar-refractivity contribution >= 4 is 11.9 Å². The third kappa shape index (κ3) is 6.79. The van der Waals surface area contributed by atoms with E-state index in [9.17, 15) is 9.59 Å². The number of carbonyl (C=O) groups excluding carboxylic acids is 2. The smallest absolute Gasteiger partial charge is 0.330 e. The highest BCUT2D eigenvalue weighted by Crippen LogP contribution is 2.31. The second-order valence-electron chi connectivity index (χ2n) is 4.62. The summed E-state index contributed by atoms with van der Waals surface area (Å²) < 4.78 is 10.3. The molecule has 0 aliphatic rings. The van der Waals surface area contributed by atoms with Gasteiger partial charge in [-0.25, -0.2) is 9.59 Å². The molecule has 0 aliphatic heterocycles. The van der Waals surface area contributed by atoms with Gasteiger partial charge >= 0.3 is 11.9 Å².